The lowest BCUT2D eigenvalue weighted by molar-refractivity contribution is -0.145. The molecule has 9 heavy (non-hydrogen) atoms. The van der Waals surface area contributed by atoms with E-state index in [9.17, 15) is 4.79 Å². The largest absolute Gasteiger partial charge is 0.463 e. The second-order valence-corrected chi connectivity index (χ2v) is 1.42. The van der Waals surface area contributed by atoms with Gasteiger partial charge in [-0.15, -0.1) is 0 Å². The van der Waals surface area contributed by atoms with Gasteiger partial charge < -0.3 is 14.9 Å². The highest BCUT2D eigenvalue weighted by molar-refractivity contribution is 5.69. The topological polar surface area (TPSA) is 66.8 Å². The van der Waals surface area contributed by atoms with Gasteiger partial charge >= 0.3 is 5.97 Å². The van der Waals surface area contributed by atoms with Gasteiger partial charge in [-0.2, -0.15) is 0 Å². The zero-order valence-electron chi connectivity index (χ0n) is 5.04. The fraction of sp³-hybridized carbons (Fsp3) is 0.800. The van der Waals surface area contributed by atoms with Gasteiger partial charge in [-0.1, -0.05) is 0 Å². The Kier molecular flexibility index (Phi) is 5.15. The number of hydrogen-bond donors (Lipinski definition) is 2. The highest BCUT2D eigenvalue weighted by Gasteiger charge is 1.98. The normalized spacial score (nSPS) is 9.11. The van der Waals surface area contributed by atoms with Crippen LogP contribution in [0.5, 0.6) is 0 Å². The van der Waals surface area contributed by atoms with E-state index in [4.69, 9.17) is 10.2 Å². The Bertz CT molecular complexity index is 81.0. The number of aliphatic hydroxyl groups is 2. The smallest absolute Gasteiger partial charge is 0.308 e. The third-order valence-corrected chi connectivity index (χ3v) is 0.670. The van der Waals surface area contributed by atoms with Crippen LogP contribution in [0, 0.1) is 0 Å². The summed E-state index contributed by atoms with van der Waals surface area (Å²) in [6.45, 7) is -0.361. The molecule has 0 fully saturated rings. The lowest BCUT2D eigenvalue weighted by atomic mass is 10.5. The monoisotopic (exact) mass is 134 g/mol. The quantitative estimate of drug-likeness (QED) is 0.479. The minimum Gasteiger partial charge on any atom is -0.463 e. The Morgan fingerprint density at radius 1 is 1.33 bits per heavy atom. The first-order valence-corrected chi connectivity index (χ1v) is 2.68. The summed E-state index contributed by atoms with van der Waals surface area (Å²) in [7, 11) is 0. The highest BCUT2D eigenvalue weighted by atomic mass is 16.5. The molecule has 0 unspecified atom stereocenters. The summed E-state index contributed by atoms with van der Waals surface area (Å²) in [5, 5.41) is 16.3. The lowest BCUT2D eigenvalue weighted by Crippen LogP contribution is -2.09. The second-order valence-electron chi connectivity index (χ2n) is 1.42. The molecular formula is C5H10O4. The molecule has 4 heteroatoms. The van der Waals surface area contributed by atoms with Gasteiger partial charge in [-0.3, -0.25) is 4.79 Å². The summed E-state index contributed by atoms with van der Waals surface area (Å²) in [5.74, 6) is -0.480. The van der Waals surface area contributed by atoms with Crippen LogP contribution in [0.15, 0.2) is 0 Å². The first-order valence-electron chi connectivity index (χ1n) is 2.68. The minimum absolute atomic E-state index is 0. The maximum Gasteiger partial charge on any atom is 0.308 e. The Morgan fingerprint density at radius 2 is 2.00 bits per heavy atom. The van der Waals surface area contributed by atoms with Crippen LogP contribution in [0.25, 0.3) is 0 Å². The zero-order chi connectivity index (χ0) is 7.11. The number of carbonyl (C=O) groups excluding carboxylic acids is 1. The van der Waals surface area contributed by atoms with Gasteiger partial charge in [0.1, 0.15) is 6.61 Å². The molecule has 0 aliphatic heterocycles. The lowest BCUT2D eigenvalue weighted by Gasteiger charge is -1.98. The Morgan fingerprint density at radius 3 is 2.44 bits per heavy atom. The van der Waals surface area contributed by atoms with Crippen LogP contribution in [-0.2, 0) is 9.53 Å². The van der Waals surface area contributed by atoms with Crippen molar-refractivity contribution in [3.05, 3.63) is 0 Å². The van der Waals surface area contributed by atoms with E-state index in [1.807, 2.05) is 0 Å². The van der Waals surface area contributed by atoms with Crippen molar-refractivity contribution >= 4 is 5.97 Å². The van der Waals surface area contributed by atoms with Crippen molar-refractivity contribution < 1.29 is 19.7 Å². The maximum absolute atomic E-state index is 10.3. The molecule has 0 atom stereocenters. The van der Waals surface area contributed by atoms with Crippen LogP contribution in [0.2, 0.25) is 0 Å². The molecule has 0 aromatic rings. The molecule has 0 bridgehead atoms. The Balaban J connectivity index is 3.06. The zero-order valence-corrected chi connectivity index (χ0v) is 5.04. The van der Waals surface area contributed by atoms with E-state index >= 15 is 0 Å². The molecule has 0 aliphatic carbocycles. The molecule has 0 aromatic carbocycles. The summed E-state index contributed by atoms with van der Waals surface area (Å²) < 4.78 is 4.38. The summed E-state index contributed by atoms with van der Waals surface area (Å²) in [6.07, 6.45) is 0. The standard InChI is InChI=1S/C5H10O4/c6-2-1-5(8)9-4-3-7/h6-7H,1-4H2. The van der Waals surface area contributed by atoms with Gasteiger partial charge in [-0.25, -0.2) is 0 Å². The van der Waals surface area contributed by atoms with Crippen molar-refractivity contribution in [3.63, 3.8) is 0 Å². The third kappa shape index (κ3) is 5.26. The summed E-state index contributed by atoms with van der Waals surface area (Å²) in [4.78, 5) is 10.3. The van der Waals surface area contributed by atoms with Crippen molar-refractivity contribution in [1.82, 2.24) is 0 Å². The molecule has 0 saturated heterocycles. The van der Waals surface area contributed by atoms with Gasteiger partial charge in [0, 0.05) is 0 Å². The molecule has 0 radical (unpaired) electrons. The molecule has 0 rings (SSSR count). The molecule has 4 nitrogen and oxygen atoms in total. The fourth-order valence-electron chi connectivity index (χ4n) is 0.323. The van der Waals surface area contributed by atoms with Gasteiger partial charge in [0.15, 0.2) is 0 Å². The van der Waals surface area contributed by atoms with E-state index in [0.717, 1.165) is 0 Å². The molecule has 0 saturated carbocycles. The van der Waals surface area contributed by atoms with Crippen LogP contribution in [0.3, 0.4) is 0 Å². The molecule has 54 valence electrons. The average Bonchev–Trinajstić information content (AvgIpc) is 1.85. The summed E-state index contributed by atoms with van der Waals surface area (Å²) in [5.41, 5.74) is 0. The van der Waals surface area contributed by atoms with Crippen molar-refractivity contribution in [3.8, 4) is 0 Å². The first-order chi connectivity index (χ1) is 4.31. The molecular weight excluding hydrogens is 124 g/mol. The van der Waals surface area contributed by atoms with Crippen LogP contribution in [0.1, 0.15) is 6.42 Å². The number of esters is 1. The summed E-state index contributed by atoms with van der Waals surface area (Å²) in [6, 6.07) is 0. The minimum atomic E-state index is -0.480. The van der Waals surface area contributed by atoms with Crippen molar-refractivity contribution in [2.75, 3.05) is 19.8 Å². The molecule has 0 amide bonds. The molecule has 0 spiro atoms. The SMILES string of the molecule is O=C(CCO)OCCO. The van der Waals surface area contributed by atoms with Crippen LogP contribution >= 0.6 is 0 Å². The molecule has 2 N–H and O–H groups in total. The molecule has 0 aliphatic rings. The van der Waals surface area contributed by atoms with Crippen molar-refractivity contribution in [2.24, 2.45) is 0 Å². The van der Waals surface area contributed by atoms with Gasteiger partial charge in [0.2, 0.25) is 0 Å². The number of aliphatic hydroxyl groups excluding tert-OH is 2. The molecule has 0 heterocycles. The average molecular weight is 134 g/mol. The van der Waals surface area contributed by atoms with E-state index in [0.29, 0.717) is 0 Å². The summed E-state index contributed by atoms with van der Waals surface area (Å²) >= 11 is 0. The number of ether oxygens (including phenoxy) is 1. The van der Waals surface area contributed by atoms with E-state index in [-0.39, 0.29) is 26.2 Å². The van der Waals surface area contributed by atoms with E-state index < -0.39 is 5.97 Å². The number of hydrogen-bond acceptors (Lipinski definition) is 4. The van der Waals surface area contributed by atoms with Gasteiger partial charge in [0.25, 0.3) is 0 Å². The van der Waals surface area contributed by atoms with E-state index in [2.05, 4.69) is 4.74 Å². The molecule has 0 aromatic heterocycles. The third-order valence-electron chi connectivity index (χ3n) is 0.670. The van der Waals surface area contributed by atoms with Crippen LogP contribution in [-0.4, -0.2) is 36.0 Å². The maximum atomic E-state index is 10.3. The van der Waals surface area contributed by atoms with E-state index in [1.165, 1.54) is 0 Å². The predicted molar refractivity (Wildman–Crippen MR) is 29.7 cm³/mol. The van der Waals surface area contributed by atoms with Gasteiger partial charge in [-0.05, 0) is 0 Å². The second kappa shape index (κ2) is 5.53. The predicted octanol–water partition coefficient (Wildman–Crippen LogP) is -1.10. The highest BCUT2D eigenvalue weighted by Crippen LogP contribution is 1.82. The van der Waals surface area contributed by atoms with Crippen LogP contribution in [0.4, 0.5) is 0 Å². The van der Waals surface area contributed by atoms with E-state index in [1.54, 1.807) is 0 Å². The first kappa shape index (κ1) is 8.39. The van der Waals surface area contributed by atoms with Gasteiger partial charge in [0.05, 0.1) is 19.6 Å². The van der Waals surface area contributed by atoms with Crippen molar-refractivity contribution in [1.29, 1.82) is 0 Å². The number of carbonyl (C=O) groups is 1. The van der Waals surface area contributed by atoms with Crippen molar-refractivity contribution in [2.45, 2.75) is 6.42 Å². The Labute approximate surface area is 53.1 Å². The number of rotatable bonds is 4. The Hall–Kier alpha value is -0.610. The fourth-order valence-corrected chi connectivity index (χ4v) is 0.323. The van der Waals surface area contributed by atoms with Crippen LogP contribution < -0.4 is 0 Å².